The van der Waals surface area contributed by atoms with Crippen LogP contribution in [0.25, 0.3) is 0 Å². The average molecular weight is 397 g/mol. The number of rotatable bonds is 3. The fourth-order valence-electron chi connectivity index (χ4n) is 3.41. The third-order valence-corrected chi connectivity index (χ3v) is 5.00. The van der Waals surface area contributed by atoms with Crippen LogP contribution in [0.2, 0.25) is 0 Å². The molecule has 1 N–H and O–H groups in total. The molecule has 1 saturated heterocycles. The molecule has 2 aromatic rings. The Balaban J connectivity index is 1.32. The molecule has 0 unspecified atom stereocenters. The molecule has 0 aliphatic carbocycles. The zero-order valence-corrected chi connectivity index (χ0v) is 16.2. The van der Waals surface area contributed by atoms with Crippen molar-refractivity contribution in [2.45, 2.75) is 0 Å². The van der Waals surface area contributed by atoms with Crippen LogP contribution in [0.4, 0.5) is 11.4 Å². The number of piperazine rings is 1. The predicted octanol–water partition coefficient (Wildman–Crippen LogP) is 1.75. The fraction of sp³-hybridized carbons (Fsp3) is 0.333. The van der Waals surface area contributed by atoms with Crippen molar-refractivity contribution in [1.29, 1.82) is 0 Å². The molecule has 2 amide bonds. The van der Waals surface area contributed by atoms with Gasteiger partial charge in [0.15, 0.2) is 11.5 Å². The summed E-state index contributed by atoms with van der Waals surface area (Å²) in [6, 6.07) is 12.9. The number of amides is 2. The number of methoxy groups -OCH3 is 1. The molecule has 152 valence electrons. The average Bonchev–Trinajstić information content (AvgIpc) is 2.78. The summed E-state index contributed by atoms with van der Waals surface area (Å²) >= 11 is 0. The maximum absolute atomic E-state index is 12.5. The molecular formula is C21H23N3O5. The van der Waals surface area contributed by atoms with Crippen LogP contribution in [0, 0.1) is 0 Å². The minimum absolute atomic E-state index is 0.460. The molecule has 0 aromatic heterocycles. The Morgan fingerprint density at radius 1 is 0.931 bits per heavy atom. The number of nitrogens with one attached hydrogen (secondary N) is 1. The maximum Gasteiger partial charge on any atom is 0.313 e. The molecular weight excluding hydrogens is 374 g/mol. The number of carbonyl (C=O) groups excluding carboxylic acids is 2. The van der Waals surface area contributed by atoms with Gasteiger partial charge in [-0.25, -0.2) is 0 Å². The summed E-state index contributed by atoms with van der Waals surface area (Å²) in [6.07, 6.45) is 0. The second-order valence-electron chi connectivity index (χ2n) is 6.79. The first-order valence-electron chi connectivity index (χ1n) is 9.53. The number of ether oxygens (including phenoxy) is 3. The highest BCUT2D eigenvalue weighted by atomic mass is 16.6. The van der Waals surface area contributed by atoms with E-state index in [9.17, 15) is 9.59 Å². The molecule has 2 aliphatic heterocycles. The molecule has 2 aromatic carbocycles. The smallest absolute Gasteiger partial charge is 0.313 e. The van der Waals surface area contributed by atoms with Crippen LogP contribution in [0.3, 0.4) is 0 Å². The second kappa shape index (κ2) is 8.30. The molecule has 0 spiro atoms. The molecule has 0 bridgehead atoms. The van der Waals surface area contributed by atoms with Crippen molar-refractivity contribution in [3.8, 4) is 17.2 Å². The van der Waals surface area contributed by atoms with Gasteiger partial charge >= 0.3 is 11.8 Å². The third kappa shape index (κ3) is 4.21. The lowest BCUT2D eigenvalue weighted by molar-refractivity contribution is -0.143. The molecule has 2 heterocycles. The summed E-state index contributed by atoms with van der Waals surface area (Å²) in [5.41, 5.74) is 1.57. The van der Waals surface area contributed by atoms with E-state index in [2.05, 4.69) is 10.2 Å². The highest BCUT2D eigenvalue weighted by molar-refractivity contribution is 6.39. The van der Waals surface area contributed by atoms with Gasteiger partial charge in [0.2, 0.25) is 0 Å². The van der Waals surface area contributed by atoms with E-state index >= 15 is 0 Å². The van der Waals surface area contributed by atoms with Crippen molar-refractivity contribution in [1.82, 2.24) is 4.90 Å². The normalized spacial score (nSPS) is 15.6. The Kier molecular flexibility index (Phi) is 5.41. The number of hydrogen-bond acceptors (Lipinski definition) is 6. The van der Waals surface area contributed by atoms with Crippen LogP contribution in [0.15, 0.2) is 42.5 Å². The number of hydrogen-bond donors (Lipinski definition) is 1. The van der Waals surface area contributed by atoms with Gasteiger partial charge in [-0.1, -0.05) is 0 Å². The third-order valence-electron chi connectivity index (χ3n) is 5.00. The van der Waals surface area contributed by atoms with E-state index < -0.39 is 11.8 Å². The summed E-state index contributed by atoms with van der Waals surface area (Å²) in [7, 11) is 1.63. The van der Waals surface area contributed by atoms with E-state index in [1.165, 1.54) is 0 Å². The predicted molar refractivity (Wildman–Crippen MR) is 108 cm³/mol. The van der Waals surface area contributed by atoms with Gasteiger partial charge in [-0.2, -0.15) is 0 Å². The van der Waals surface area contributed by atoms with E-state index in [-0.39, 0.29) is 0 Å². The number of anilines is 2. The highest BCUT2D eigenvalue weighted by Crippen LogP contribution is 2.32. The Morgan fingerprint density at radius 2 is 1.62 bits per heavy atom. The Labute approximate surface area is 168 Å². The standard InChI is InChI=1S/C21H23N3O5/c1-27-17-5-3-16(4-6-17)23-8-10-24(11-9-23)21(26)20(25)22-15-2-7-18-19(14-15)29-13-12-28-18/h2-7,14H,8-13H2,1H3,(H,22,25). The SMILES string of the molecule is COc1ccc(N2CCN(C(=O)C(=O)Nc3ccc4c(c3)OCCO4)CC2)cc1. The summed E-state index contributed by atoms with van der Waals surface area (Å²) in [5.74, 6) is 0.817. The van der Waals surface area contributed by atoms with Gasteiger partial charge in [-0.15, -0.1) is 0 Å². The first kappa shape index (κ1) is 18.9. The fourth-order valence-corrected chi connectivity index (χ4v) is 3.41. The van der Waals surface area contributed by atoms with E-state index in [1.807, 2.05) is 24.3 Å². The van der Waals surface area contributed by atoms with Crippen LogP contribution in [-0.2, 0) is 9.59 Å². The number of fused-ring (bicyclic) bond motifs is 1. The second-order valence-corrected chi connectivity index (χ2v) is 6.79. The van der Waals surface area contributed by atoms with Gasteiger partial charge in [0.05, 0.1) is 7.11 Å². The number of nitrogens with zero attached hydrogens (tertiary/aromatic N) is 2. The molecule has 4 rings (SSSR count). The lowest BCUT2D eigenvalue weighted by Crippen LogP contribution is -2.51. The number of carbonyl (C=O) groups is 2. The molecule has 2 aliphatic rings. The monoisotopic (exact) mass is 397 g/mol. The van der Waals surface area contributed by atoms with Crippen molar-refractivity contribution >= 4 is 23.2 Å². The topological polar surface area (TPSA) is 80.3 Å². The van der Waals surface area contributed by atoms with Crippen LogP contribution >= 0.6 is 0 Å². The largest absolute Gasteiger partial charge is 0.497 e. The van der Waals surface area contributed by atoms with Crippen molar-refractivity contribution < 1.29 is 23.8 Å². The highest BCUT2D eigenvalue weighted by Gasteiger charge is 2.26. The Morgan fingerprint density at radius 3 is 2.31 bits per heavy atom. The van der Waals surface area contributed by atoms with Gasteiger partial charge in [-0.05, 0) is 36.4 Å². The summed E-state index contributed by atoms with van der Waals surface area (Å²) < 4.78 is 16.1. The van der Waals surface area contributed by atoms with Crippen molar-refractivity contribution in [2.24, 2.45) is 0 Å². The van der Waals surface area contributed by atoms with Crippen LogP contribution in [0.5, 0.6) is 17.2 Å². The van der Waals surface area contributed by atoms with Gasteiger partial charge in [0.25, 0.3) is 0 Å². The molecule has 0 atom stereocenters. The first-order valence-corrected chi connectivity index (χ1v) is 9.53. The lowest BCUT2D eigenvalue weighted by atomic mass is 10.2. The van der Waals surface area contributed by atoms with Crippen molar-refractivity contribution in [3.63, 3.8) is 0 Å². The van der Waals surface area contributed by atoms with E-state index in [0.29, 0.717) is 56.6 Å². The van der Waals surface area contributed by atoms with Crippen LogP contribution in [0.1, 0.15) is 0 Å². The summed E-state index contributed by atoms with van der Waals surface area (Å²) in [6.45, 7) is 3.26. The van der Waals surface area contributed by atoms with Gasteiger partial charge in [0, 0.05) is 43.6 Å². The van der Waals surface area contributed by atoms with Crippen LogP contribution in [-0.4, -0.2) is 63.2 Å². The zero-order valence-electron chi connectivity index (χ0n) is 16.2. The minimum atomic E-state index is -0.653. The lowest BCUT2D eigenvalue weighted by Gasteiger charge is -2.35. The van der Waals surface area contributed by atoms with E-state index in [1.54, 1.807) is 30.2 Å². The number of benzene rings is 2. The van der Waals surface area contributed by atoms with E-state index in [4.69, 9.17) is 14.2 Å². The summed E-state index contributed by atoms with van der Waals surface area (Å²) in [4.78, 5) is 28.7. The van der Waals surface area contributed by atoms with Crippen molar-refractivity contribution in [3.05, 3.63) is 42.5 Å². The van der Waals surface area contributed by atoms with Gasteiger partial charge < -0.3 is 29.3 Å². The Hall–Kier alpha value is -3.42. The molecule has 8 heteroatoms. The minimum Gasteiger partial charge on any atom is -0.497 e. The van der Waals surface area contributed by atoms with Crippen molar-refractivity contribution in [2.75, 3.05) is 56.7 Å². The molecule has 1 fully saturated rings. The molecule has 8 nitrogen and oxygen atoms in total. The van der Waals surface area contributed by atoms with E-state index in [0.717, 1.165) is 11.4 Å². The van der Waals surface area contributed by atoms with Gasteiger partial charge in [0.1, 0.15) is 19.0 Å². The Bertz CT molecular complexity index is 892. The van der Waals surface area contributed by atoms with Gasteiger partial charge in [-0.3, -0.25) is 9.59 Å². The van der Waals surface area contributed by atoms with Crippen LogP contribution < -0.4 is 24.4 Å². The zero-order chi connectivity index (χ0) is 20.2. The maximum atomic E-state index is 12.5. The quantitative estimate of drug-likeness (QED) is 0.795. The molecule has 29 heavy (non-hydrogen) atoms. The summed E-state index contributed by atoms with van der Waals surface area (Å²) in [5, 5.41) is 2.65. The molecule has 0 saturated carbocycles. The molecule has 0 radical (unpaired) electrons. The first-order chi connectivity index (χ1) is 14.1.